The summed E-state index contributed by atoms with van der Waals surface area (Å²) >= 11 is 0. The van der Waals surface area contributed by atoms with E-state index in [-0.39, 0.29) is 12.0 Å². The van der Waals surface area contributed by atoms with Crippen LogP contribution in [0.4, 0.5) is 0 Å². The minimum absolute atomic E-state index is 0.145. The quantitative estimate of drug-likeness (QED) is 0.810. The highest BCUT2D eigenvalue weighted by Gasteiger charge is 2.29. The molecule has 22 heavy (non-hydrogen) atoms. The first-order chi connectivity index (χ1) is 10.6. The number of rotatable bonds is 3. The standard InChI is InChI=1S/C16H22N4O2/c1-11-8-12(2)20-10-13(18-16(20)17-11)9-19-7-5-4-6-14(19)15(21)22-3/h8,10,14H,4-7,9H2,1-3H3/t14-/m1/s1. The van der Waals surface area contributed by atoms with E-state index in [1.54, 1.807) is 0 Å². The average Bonchev–Trinajstić information content (AvgIpc) is 2.89. The molecule has 0 amide bonds. The van der Waals surface area contributed by atoms with Crippen molar-refractivity contribution >= 4 is 11.7 Å². The maximum atomic E-state index is 11.9. The molecule has 0 radical (unpaired) electrons. The van der Waals surface area contributed by atoms with Crippen LogP contribution in [0.15, 0.2) is 12.3 Å². The fraction of sp³-hybridized carbons (Fsp3) is 0.562. The Morgan fingerprint density at radius 3 is 2.95 bits per heavy atom. The Morgan fingerprint density at radius 2 is 2.18 bits per heavy atom. The van der Waals surface area contributed by atoms with E-state index in [0.29, 0.717) is 6.54 Å². The lowest BCUT2D eigenvalue weighted by molar-refractivity contribution is -0.148. The molecule has 1 aliphatic rings. The third-order valence-electron chi connectivity index (χ3n) is 4.26. The van der Waals surface area contributed by atoms with Gasteiger partial charge in [-0.1, -0.05) is 6.42 Å². The van der Waals surface area contributed by atoms with Gasteiger partial charge in [-0.2, -0.15) is 0 Å². The summed E-state index contributed by atoms with van der Waals surface area (Å²) in [7, 11) is 1.45. The molecule has 6 heteroatoms. The predicted molar refractivity (Wildman–Crippen MR) is 82.5 cm³/mol. The molecule has 3 rings (SSSR count). The van der Waals surface area contributed by atoms with Crippen LogP contribution in [0.1, 0.15) is 36.3 Å². The van der Waals surface area contributed by atoms with Crippen molar-refractivity contribution in [2.24, 2.45) is 0 Å². The minimum atomic E-state index is -0.153. The van der Waals surface area contributed by atoms with Crippen molar-refractivity contribution < 1.29 is 9.53 Å². The summed E-state index contributed by atoms with van der Waals surface area (Å²) in [4.78, 5) is 23.2. The number of ether oxygens (including phenoxy) is 1. The Bertz CT molecular complexity index is 695. The van der Waals surface area contributed by atoms with Crippen LogP contribution >= 0.6 is 0 Å². The molecule has 0 aliphatic carbocycles. The number of aromatic nitrogens is 3. The Morgan fingerprint density at radius 1 is 1.36 bits per heavy atom. The number of methoxy groups -OCH3 is 1. The van der Waals surface area contributed by atoms with Crippen molar-refractivity contribution in [3.63, 3.8) is 0 Å². The molecular formula is C16H22N4O2. The number of hydrogen-bond acceptors (Lipinski definition) is 5. The zero-order chi connectivity index (χ0) is 15.7. The van der Waals surface area contributed by atoms with Gasteiger partial charge in [0, 0.05) is 24.1 Å². The molecule has 2 aromatic rings. The molecule has 0 aromatic carbocycles. The maximum absolute atomic E-state index is 11.9. The first-order valence-corrected chi connectivity index (χ1v) is 7.72. The second kappa shape index (κ2) is 6.04. The number of carbonyl (C=O) groups excluding carboxylic acids is 1. The van der Waals surface area contributed by atoms with Crippen LogP contribution in [-0.2, 0) is 16.1 Å². The monoisotopic (exact) mass is 302 g/mol. The van der Waals surface area contributed by atoms with Gasteiger partial charge < -0.3 is 4.74 Å². The lowest BCUT2D eigenvalue weighted by Crippen LogP contribution is -2.44. The molecule has 0 unspecified atom stereocenters. The molecule has 6 nitrogen and oxygen atoms in total. The Hall–Kier alpha value is -1.95. The van der Waals surface area contributed by atoms with Gasteiger partial charge in [0.15, 0.2) is 0 Å². The van der Waals surface area contributed by atoms with Crippen LogP contribution in [0.3, 0.4) is 0 Å². The second-order valence-corrected chi connectivity index (χ2v) is 5.95. The first kappa shape index (κ1) is 15.0. The smallest absolute Gasteiger partial charge is 0.323 e. The predicted octanol–water partition coefficient (Wildman–Crippen LogP) is 1.87. The topological polar surface area (TPSA) is 59.7 Å². The summed E-state index contributed by atoms with van der Waals surface area (Å²) in [5, 5.41) is 0. The summed E-state index contributed by atoms with van der Waals surface area (Å²) < 4.78 is 6.93. The van der Waals surface area contributed by atoms with Gasteiger partial charge in [0.05, 0.1) is 12.8 Å². The molecular weight excluding hydrogens is 280 g/mol. The fourth-order valence-corrected chi connectivity index (χ4v) is 3.19. The van der Waals surface area contributed by atoms with E-state index in [1.807, 2.05) is 30.5 Å². The number of fused-ring (bicyclic) bond motifs is 1. The van der Waals surface area contributed by atoms with E-state index in [9.17, 15) is 4.79 Å². The van der Waals surface area contributed by atoms with Crippen molar-refractivity contribution in [3.8, 4) is 0 Å². The van der Waals surface area contributed by atoms with Crippen LogP contribution in [0, 0.1) is 13.8 Å². The molecule has 1 aliphatic heterocycles. The zero-order valence-corrected chi connectivity index (χ0v) is 13.4. The fourth-order valence-electron chi connectivity index (χ4n) is 3.19. The van der Waals surface area contributed by atoms with Crippen LogP contribution in [0.25, 0.3) is 5.78 Å². The SMILES string of the molecule is COC(=O)[C@H]1CCCCN1Cc1cn2c(C)cc(C)nc2n1. The highest BCUT2D eigenvalue weighted by atomic mass is 16.5. The van der Waals surface area contributed by atoms with Gasteiger partial charge in [-0.3, -0.25) is 14.1 Å². The summed E-state index contributed by atoms with van der Waals surface area (Å²) in [5.74, 6) is 0.577. The van der Waals surface area contributed by atoms with Crippen LogP contribution < -0.4 is 0 Å². The molecule has 0 bridgehead atoms. The van der Waals surface area contributed by atoms with Crippen LogP contribution in [0.2, 0.25) is 0 Å². The highest BCUT2D eigenvalue weighted by Crippen LogP contribution is 2.20. The van der Waals surface area contributed by atoms with E-state index < -0.39 is 0 Å². The van der Waals surface area contributed by atoms with Gasteiger partial charge in [0.1, 0.15) is 6.04 Å². The molecule has 118 valence electrons. The summed E-state index contributed by atoms with van der Waals surface area (Å²) in [5.41, 5.74) is 3.02. The second-order valence-electron chi connectivity index (χ2n) is 5.95. The van der Waals surface area contributed by atoms with Gasteiger partial charge in [0.2, 0.25) is 5.78 Å². The molecule has 2 aromatic heterocycles. The van der Waals surface area contributed by atoms with Crippen molar-refractivity contribution in [1.82, 2.24) is 19.3 Å². The van der Waals surface area contributed by atoms with E-state index in [1.165, 1.54) is 7.11 Å². The number of imidazole rings is 1. The van der Waals surface area contributed by atoms with E-state index in [2.05, 4.69) is 14.9 Å². The van der Waals surface area contributed by atoms with Crippen molar-refractivity contribution in [2.45, 2.75) is 45.7 Å². The molecule has 3 heterocycles. The normalized spacial score (nSPS) is 19.5. The van der Waals surface area contributed by atoms with Crippen LogP contribution in [0.5, 0.6) is 0 Å². The van der Waals surface area contributed by atoms with Gasteiger partial charge in [0.25, 0.3) is 0 Å². The van der Waals surface area contributed by atoms with Gasteiger partial charge in [-0.05, 0) is 39.3 Å². The minimum Gasteiger partial charge on any atom is -0.468 e. The van der Waals surface area contributed by atoms with Gasteiger partial charge in [-0.25, -0.2) is 9.97 Å². The number of piperidine rings is 1. The van der Waals surface area contributed by atoms with Gasteiger partial charge >= 0.3 is 5.97 Å². The van der Waals surface area contributed by atoms with Crippen molar-refractivity contribution in [2.75, 3.05) is 13.7 Å². The largest absolute Gasteiger partial charge is 0.468 e. The number of aryl methyl sites for hydroxylation is 2. The third kappa shape index (κ3) is 2.83. The number of carbonyl (C=O) groups is 1. The average molecular weight is 302 g/mol. The first-order valence-electron chi connectivity index (χ1n) is 7.72. The van der Waals surface area contributed by atoms with Crippen LogP contribution in [-0.4, -0.2) is 44.9 Å². The molecule has 0 spiro atoms. The molecule has 0 saturated carbocycles. The highest BCUT2D eigenvalue weighted by molar-refractivity contribution is 5.75. The number of likely N-dealkylation sites (tertiary alicyclic amines) is 1. The Kier molecular flexibility index (Phi) is 4.11. The summed E-state index contributed by atoms with van der Waals surface area (Å²) in [6, 6.07) is 1.88. The van der Waals surface area contributed by atoms with Crippen molar-refractivity contribution in [1.29, 1.82) is 0 Å². The lowest BCUT2D eigenvalue weighted by Gasteiger charge is -2.32. The third-order valence-corrected chi connectivity index (χ3v) is 4.26. The van der Waals surface area contributed by atoms with Gasteiger partial charge in [-0.15, -0.1) is 0 Å². The summed E-state index contributed by atoms with van der Waals surface area (Å²) in [6.07, 6.45) is 5.05. The zero-order valence-electron chi connectivity index (χ0n) is 13.4. The summed E-state index contributed by atoms with van der Waals surface area (Å²) in [6.45, 7) is 5.57. The Labute approximate surface area is 130 Å². The molecule has 0 N–H and O–H groups in total. The maximum Gasteiger partial charge on any atom is 0.323 e. The lowest BCUT2D eigenvalue weighted by atomic mass is 10.0. The number of esters is 1. The van der Waals surface area contributed by atoms with E-state index in [0.717, 1.165) is 48.7 Å². The van der Waals surface area contributed by atoms with E-state index >= 15 is 0 Å². The molecule has 1 fully saturated rings. The number of hydrogen-bond donors (Lipinski definition) is 0. The van der Waals surface area contributed by atoms with Crippen molar-refractivity contribution in [3.05, 3.63) is 29.3 Å². The van der Waals surface area contributed by atoms with E-state index in [4.69, 9.17) is 4.74 Å². The molecule has 1 atom stereocenters. The number of nitrogens with zero attached hydrogens (tertiary/aromatic N) is 4. The Balaban J connectivity index is 1.85. The molecule has 1 saturated heterocycles.